The molecule has 32 heavy (non-hydrogen) atoms. The van der Waals surface area contributed by atoms with Crippen LogP contribution in [-0.2, 0) is 14.3 Å². The number of Topliss-reactive ketones (excluding diaryl/α,β-unsaturated/α-hetero) is 1. The summed E-state index contributed by atoms with van der Waals surface area (Å²) in [4.78, 5) is 14.0. The number of aliphatic hydroxyl groups excluding tert-OH is 2. The second kappa shape index (κ2) is 6.90. The maximum Gasteiger partial charge on any atom is 0.171 e. The van der Waals surface area contributed by atoms with Gasteiger partial charge in [0.2, 0.25) is 0 Å². The van der Waals surface area contributed by atoms with Crippen molar-refractivity contribution in [3.8, 4) is 0 Å². The summed E-state index contributed by atoms with van der Waals surface area (Å²) in [6, 6.07) is 0. The monoisotopic (exact) mass is 444 g/mol. The smallest absolute Gasteiger partial charge is 0.171 e. The molecule has 3 saturated carbocycles. The number of allylic oxidation sites excluding steroid dienone is 1. The van der Waals surface area contributed by atoms with Crippen LogP contribution in [0.4, 0.5) is 0 Å². The number of ether oxygens (including phenoxy) is 2. The minimum atomic E-state index is -0.698. The molecule has 0 aromatic heterocycles. The third-order valence-electron chi connectivity index (χ3n) is 11.3. The first kappa shape index (κ1) is 21.8. The van der Waals surface area contributed by atoms with E-state index >= 15 is 0 Å². The van der Waals surface area contributed by atoms with Gasteiger partial charge in [0.1, 0.15) is 5.78 Å². The average Bonchev–Trinajstić information content (AvgIpc) is 3.19. The van der Waals surface area contributed by atoms with Crippen molar-refractivity contribution in [2.75, 3.05) is 6.61 Å². The summed E-state index contributed by atoms with van der Waals surface area (Å²) < 4.78 is 13.1. The summed E-state index contributed by atoms with van der Waals surface area (Å²) in [7, 11) is 0. The fourth-order valence-electron chi connectivity index (χ4n) is 9.38. The van der Waals surface area contributed by atoms with Crippen LogP contribution in [0.2, 0.25) is 0 Å². The van der Waals surface area contributed by atoms with E-state index in [1.54, 1.807) is 0 Å². The Hall–Kier alpha value is -0.750. The topological polar surface area (TPSA) is 76.0 Å². The van der Waals surface area contributed by atoms with Crippen molar-refractivity contribution in [2.24, 2.45) is 46.3 Å². The fourth-order valence-corrected chi connectivity index (χ4v) is 9.38. The fraction of sp³-hybridized carbons (Fsp3) is 0.889. The lowest BCUT2D eigenvalue weighted by molar-refractivity contribution is -0.272. The van der Waals surface area contributed by atoms with Crippen LogP contribution in [0.5, 0.6) is 0 Å². The van der Waals surface area contributed by atoms with Crippen molar-refractivity contribution < 1.29 is 24.5 Å². The predicted octanol–water partition coefficient (Wildman–Crippen LogP) is 3.86. The Morgan fingerprint density at radius 3 is 2.59 bits per heavy atom. The minimum absolute atomic E-state index is 0.105. The van der Waals surface area contributed by atoms with E-state index in [0.29, 0.717) is 42.8 Å². The van der Waals surface area contributed by atoms with E-state index in [0.717, 1.165) is 32.3 Å². The highest BCUT2D eigenvalue weighted by atomic mass is 16.7. The molecular formula is C27H40O5. The van der Waals surface area contributed by atoms with Crippen molar-refractivity contribution in [1.82, 2.24) is 0 Å². The Morgan fingerprint density at radius 1 is 1.09 bits per heavy atom. The van der Waals surface area contributed by atoms with Gasteiger partial charge in [-0.2, -0.15) is 0 Å². The van der Waals surface area contributed by atoms with Gasteiger partial charge < -0.3 is 19.7 Å². The summed E-state index contributed by atoms with van der Waals surface area (Å²) in [5.74, 6) is 1.95. The summed E-state index contributed by atoms with van der Waals surface area (Å²) in [5, 5.41) is 20.8. The lowest BCUT2D eigenvalue weighted by Gasteiger charge is -2.58. The number of hydrogen-bond acceptors (Lipinski definition) is 5. The van der Waals surface area contributed by atoms with Crippen molar-refractivity contribution in [2.45, 2.75) is 96.7 Å². The van der Waals surface area contributed by atoms with Gasteiger partial charge in [0.25, 0.3) is 0 Å². The summed E-state index contributed by atoms with van der Waals surface area (Å²) in [5.41, 5.74) is 0.724. The first-order valence-corrected chi connectivity index (χ1v) is 13.0. The van der Waals surface area contributed by atoms with Crippen LogP contribution in [0.15, 0.2) is 11.6 Å². The van der Waals surface area contributed by atoms with Crippen LogP contribution in [0.1, 0.15) is 72.6 Å². The van der Waals surface area contributed by atoms with E-state index in [9.17, 15) is 15.0 Å². The van der Waals surface area contributed by atoms with Gasteiger partial charge in [-0.1, -0.05) is 39.3 Å². The highest BCUT2D eigenvalue weighted by Crippen LogP contribution is 2.69. The number of ketones is 1. The normalized spacial score (nSPS) is 59.2. The van der Waals surface area contributed by atoms with Crippen LogP contribution >= 0.6 is 0 Å². The molecule has 5 heteroatoms. The van der Waals surface area contributed by atoms with Crippen LogP contribution in [0.25, 0.3) is 0 Å². The first-order valence-electron chi connectivity index (χ1n) is 13.0. The van der Waals surface area contributed by atoms with Gasteiger partial charge in [-0.3, -0.25) is 4.79 Å². The Bertz CT molecular complexity index is 843. The van der Waals surface area contributed by atoms with Crippen molar-refractivity contribution in [3.05, 3.63) is 11.6 Å². The largest absolute Gasteiger partial charge is 0.390 e. The van der Waals surface area contributed by atoms with Crippen LogP contribution in [-0.4, -0.2) is 46.7 Å². The predicted molar refractivity (Wildman–Crippen MR) is 119 cm³/mol. The average molecular weight is 445 g/mol. The summed E-state index contributed by atoms with van der Waals surface area (Å²) in [6.45, 7) is 9.74. The van der Waals surface area contributed by atoms with E-state index < -0.39 is 18.0 Å². The van der Waals surface area contributed by atoms with Crippen molar-refractivity contribution >= 4 is 5.78 Å². The van der Waals surface area contributed by atoms with Crippen LogP contribution in [0.3, 0.4) is 0 Å². The second-order valence-corrected chi connectivity index (χ2v) is 12.7. The van der Waals surface area contributed by atoms with E-state index in [1.807, 2.05) is 0 Å². The highest BCUT2D eigenvalue weighted by Gasteiger charge is 2.71. The molecule has 0 amide bonds. The van der Waals surface area contributed by atoms with Gasteiger partial charge in [-0.05, 0) is 61.2 Å². The van der Waals surface area contributed by atoms with E-state index in [-0.39, 0.29) is 34.7 Å². The number of hydrogen-bond donors (Lipinski definition) is 2. The molecule has 178 valence electrons. The quantitative estimate of drug-likeness (QED) is 0.555. The summed E-state index contributed by atoms with van der Waals surface area (Å²) in [6.07, 6.45) is 6.77. The third kappa shape index (κ3) is 2.63. The number of carbonyl (C=O) groups is 1. The van der Waals surface area contributed by atoms with E-state index in [2.05, 4.69) is 33.8 Å². The zero-order valence-corrected chi connectivity index (χ0v) is 20.0. The molecule has 2 aliphatic heterocycles. The molecule has 12 atom stereocenters. The maximum atomic E-state index is 14.0. The zero-order chi connectivity index (χ0) is 22.6. The third-order valence-corrected chi connectivity index (χ3v) is 11.3. The molecule has 0 aromatic carbocycles. The van der Waals surface area contributed by atoms with Gasteiger partial charge in [-0.15, -0.1) is 0 Å². The maximum absolute atomic E-state index is 14.0. The molecule has 5 nitrogen and oxygen atoms in total. The Kier molecular flexibility index (Phi) is 4.69. The lowest BCUT2D eigenvalue weighted by atomic mass is 9.46. The van der Waals surface area contributed by atoms with E-state index in [4.69, 9.17) is 9.47 Å². The lowest BCUT2D eigenvalue weighted by Crippen LogP contribution is -2.57. The molecule has 6 aliphatic rings. The highest BCUT2D eigenvalue weighted by molar-refractivity contribution is 5.87. The molecule has 0 radical (unpaired) electrons. The zero-order valence-electron chi connectivity index (χ0n) is 20.0. The second-order valence-electron chi connectivity index (χ2n) is 12.7. The molecule has 2 saturated heterocycles. The minimum Gasteiger partial charge on any atom is -0.390 e. The Balaban J connectivity index is 1.33. The SMILES string of the molecule is CC1CCC2(OC1)OC1CC3C4CC=C5C[C@@H](O)C(O)C[C@]5(C)C4CC(=O)[C@]3(C)C1C2C. The van der Waals surface area contributed by atoms with Gasteiger partial charge in [0, 0.05) is 30.1 Å². The van der Waals surface area contributed by atoms with Gasteiger partial charge in [0.05, 0.1) is 24.9 Å². The molecular weight excluding hydrogens is 404 g/mol. The molecule has 2 N–H and O–H groups in total. The van der Waals surface area contributed by atoms with Crippen molar-refractivity contribution in [1.29, 1.82) is 0 Å². The molecule has 0 aromatic rings. The summed E-state index contributed by atoms with van der Waals surface area (Å²) >= 11 is 0. The molecule has 4 aliphatic carbocycles. The molecule has 9 unspecified atom stereocenters. The van der Waals surface area contributed by atoms with Crippen molar-refractivity contribution in [3.63, 3.8) is 0 Å². The molecule has 5 fully saturated rings. The number of carbonyl (C=O) groups excluding carboxylic acids is 1. The number of rotatable bonds is 0. The first-order chi connectivity index (χ1) is 15.1. The van der Waals surface area contributed by atoms with Gasteiger partial charge >= 0.3 is 0 Å². The number of fused-ring (bicyclic) bond motifs is 7. The number of aliphatic hydroxyl groups is 2. The van der Waals surface area contributed by atoms with Crippen LogP contribution < -0.4 is 0 Å². The molecule has 0 bridgehead atoms. The molecule has 1 spiro atoms. The molecule has 2 heterocycles. The molecule has 6 rings (SSSR count). The van der Waals surface area contributed by atoms with E-state index in [1.165, 1.54) is 5.57 Å². The van der Waals surface area contributed by atoms with Gasteiger partial charge in [-0.25, -0.2) is 0 Å². The van der Waals surface area contributed by atoms with Gasteiger partial charge in [0.15, 0.2) is 5.79 Å². The standard InChI is InChI=1S/C27H40O5/c1-14-7-8-27(31-13-14)15(2)24-22(32-27)10-19-17-6-5-16-9-20(28)21(29)12-25(16,3)18(17)11-23(30)26(19,24)4/h5,14-15,17-22,24,28-29H,6-13H2,1-4H3/t14?,15?,17?,18?,19?,20-,21?,22?,24?,25+,26-,27?/m1/s1. The Labute approximate surface area is 191 Å². The Morgan fingerprint density at radius 2 is 1.88 bits per heavy atom. The van der Waals surface area contributed by atoms with Crippen LogP contribution in [0, 0.1) is 46.3 Å².